The van der Waals surface area contributed by atoms with Gasteiger partial charge in [-0.3, -0.25) is 4.79 Å². The Balaban J connectivity index is 1.67. The van der Waals surface area contributed by atoms with E-state index < -0.39 is 0 Å². The summed E-state index contributed by atoms with van der Waals surface area (Å²) in [6.07, 6.45) is 1.93. The fourth-order valence-corrected chi connectivity index (χ4v) is 3.09. The van der Waals surface area contributed by atoms with Gasteiger partial charge in [0.1, 0.15) is 5.75 Å². The van der Waals surface area contributed by atoms with Gasteiger partial charge in [0.2, 0.25) is 0 Å². The average molecular weight is 294 g/mol. The van der Waals surface area contributed by atoms with Crippen molar-refractivity contribution < 1.29 is 9.53 Å². The van der Waals surface area contributed by atoms with Crippen LogP contribution in [0.2, 0.25) is 0 Å². The molecular formula is C19H20NO2. The Morgan fingerprint density at radius 3 is 2.59 bits per heavy atom. The molecule has 1 aliphatic rings. The Morgan fingerprint density at radius 2 is 1.91 bits per heavy atom. The van der Waals surface area contributed by atoms with Crippen LogP contribution in [0.25, 0.3) is 0 Å². The number of likely N-dealkylation sites (tertiary alicyclic amines) is 1. The van der Waals surface area contributed by atoms with Crippen LogP contribution in [0, 0.1) is 6.07 Å². The summed E-state index contributed by atoms with van der Waals surface area (Å²) in [4.78, 5) is 14.4. The number of carbonyl (C=O) groups excluding carboxylic acids is 1. The summed E-state index contributed by atoms with van der Waals surface area (Å²) >= 11 is 0. The summed E-state index contributed by atoms with van der Waals surface area (Å²) in [7, 11) is 1.70. The normalized spacial score (nSPS) is 15.6. The molecule has 1 heterocycles. The molecule has 0 saturated carbocycles. The van der Waals surface area contributed by atoms with Gasteiger partial charge in [0, 0.05) is 18.7 Å². The first kappa shape index (κ1) is 14.6. The van der Waals surface area contributed by atoms with Crippen LogP contribution in [0.3, 0.4) is 0 Å². The second-order valence-corrected chi connectivity index (χ2v) is 5.60. The largest absolute Gasteiger partial charge is 0.496 e. The van der Waals surface area contributed by atoms with E-state index in [2.05, 4.69) is 6.07 Å². The Kier molecular flexibility index (Phi) is 4.42. The summed E-state index contributed by atoms with van der Waals surface area (Å²) in [5, 5.41) is 0. The Hall–Kier alpha value is -2.29. The summed E-state index contributed by atoms with van der Waals surface area (Å²) in [6, 6.07) is 18.5. The van der Waals surface area contributed by atoms with Gasteiger partial charge in [0.05, 0.1) is 7.11 Å². The molecule has 113 valence electrons. The zero-order valence-electron chi connectivity index (χ0n) is 12.8. The first-order chi connectivity index (χ1) is 10.8. The summed E-state index contributed by atoms with van der Waals surface area (Å²) < 4.78 is 5.44. The van der Waals surface area contributed by atoms with Crippen LogP contribution in [-0.2, 0) is 0 Å². The predicted molar refractivity (Wildman–Crippen MR) is 86.2 cm³/mol. The first-order valence-corrected chi connectivity index (χ1v) is 7.68. The molecule has 3 rings (SSSR count). The van der Waals surface area contributed by atoms with Gasteiger partial charge in [-0.05, 0) is 54.7 Å². The molecule has 1 radical (unpaired) electrons. The highest BCUT2D eigenvalue weighted by Crippen LogP contribution is 2.34. The quantitative estimate of drug-likeness (QED) is 0.867. The third kappa shape index (κ3) is 2.98. The van der Waals surface area contributed by atoms with E-state index in [0.29, 0.717) is 5.92 Å². The highest BCUT2D eigenvalue weighted by Gasteiger charge is 2.25. The third-order valence-corrected chi connectivity index (χ3v) is 4.32. The zero-order valence-corrected chi connectivity index (χ0v) is 12.8. The molecule has 0 unspecified atom stereocenters. The molecule has 3 heteroatoms. The average Bonchev–Trinajstić information content (AvgIpc) is 2.62. The smallest absolute Gasteiger partial charge is 0.253 e. The molecule has 1 aliphatic heterocycles. The van der Waals surface area contributed by atoms with Crippen molar-refractivity contribution in [1.82, 2.24) is 4.90 Å². The second kappa shape index (κ2) is 6.65. The van der Waals surface area contributed by atoms with Crippen molar-refractivity contribution in [1.29, 1.82) is 0 Å². The minimum Gasteiger partial charge on any atom is -0.496 e. The van der Waals surface area contributed by atoms with Crippen LogP contribution < -0.4 is 4.74 Å². The van der Waals surface area contributed by atoms with Crippen LogP contribution in [0.1, 0.15) is 34.7 Å². The number of rotatable bonds is 3. The Morgan fingerprint density at radius 1 is 1.18 bits per heavy atom. The summed E-state index contributed by atoms with van der Waals surface area (Å²) in [6.45, 7) is 1.58. The summed E-state index contributed by atoms with van der Waals surface area (Å²) in [5.41, 5.74) is 1.98. The lowest BCUT2D eigenvalue weighted by Gasteiger charge is -2.32. The molecule has 22 heavy (non-hydrogen) atoms. The zero-order chi connectivity index (χ0) is 15.4. The molecule has 0 aliphatic carbocycles. The fraction of sp³-hybridized carbons (Fsp3) is 0.316. The number of hydrogen-bond acceptors (Lipinski definition) is 2. The monoisotopic (exact) mass is 294 g/mol. The van der Waals surface area contributed by atoms with E-state index in [1.807, 2.05) is 53.4 Å². The van der Waals surface area contributed by atoms with Gasteiger partial charge >= 0.3 is 0 Å². The molecule has 1 fully saturated rings. The van der Waals surface area contributed by atoms with E-state index in [1.165, 1.54) is 5.56 Å². The van der Waals surface area contributed by atoms with Gasteiger partial charge in [0.25, 0.3) is 5.91 Å². The van der Waals surface area contributed by atoms with E-state index in [-0.39, 0.29) is 5.91 Å². The minimum absolute atomic E-state index is 0.130. The molecule has 0 bridgehead atoms. The van der Waals surface area contributed by atoms with E-state index in [4.69, 9.17) is 4.74 Å². The van der Waals surface area contributed by atoms with E-state index in [0.717, 1.165) is 37.2 Å². The minimum atomic E-state index is 0.130. The van der Waals surface area contributed by atoms with Crippen LogP contribution >= 0.6 is 0 Å². The number of ether oxygens (including phenoxy) is 1. The van der Waals surface area contributed by atoms with Crippen molar-refractivity contribution in [3.8, 4) is 5.75 Å². The van der Waals surface area contributed by atoms with Crippen LogP contribution in [0.5, 0.6) is 5.75 Å². The molecule has 0 atom stereocenters. The topological polar surface area (TPSA) is 29.5 Å². The Labute approximate surface area is 131 Å². The predicted octanol–water partition coefficient (Wildman–Crippen LogP) is 3.52. The molecule has 3 nitrogen and oxygen atoms in total. The van der Waals surface area contributed by atoms with Crippen LogP contribution in [0.4, 0.5) is 0 Å². The van der Waals surface area contributed by atoms with Crippen molar-refractivity contribution in [3.63, 3.8) is 0 Å². The number of hydrogen-bond donors (Lipinski definition) is 0. The van der Waals surface area contributed by atoms with Gasteiger partial charge in [-0.25, -0.2) is 0 Å². The number of benzene rings is 2. The Bertz CT molecular complexity index is 631. The molecule has 1 amide bonds. The van der Waals surface area contributed by atoms with E-state index in [1.54, 1.807) is 7.11 Å². The molecule has 0 N–H and O–H groups in total. The van der Waals surface area contributed by atoms with E-state index in [9.17, 15) is 4.79 Å². The van der Waals surface area contributed by atoms with Crippen molar-refractivity contribution in [2.75, 3.05) is 20.2 Å². The van der Waals surface area contributed by atoms with Gasteiger partial charge in [-0.15, -0.1) is 0 Å². The highest BCUT2D eigenvalue weighted by atomic mass is 16.5. The highest BCUT2D eigenvalue weighted by molar-refractivity contribution is 5.94. The van der Waals surface area contributed by atoms with Crippen molar-refractivity contribution in [2.24, 2.45) is 0 Å². The lowest BCUT2D eigenvalue weighted by molar-refractivity contribution is 0.0712. The van der Waals surface area contributed by atoms with Crippen molar-refractivity contribution in [3.05, 3.63) is 65.7 Å². The van der Waals surface area contributed by atoms with Gasteiger partial charge in [-0.2, -0.15) is 0 Å². The number of nitrogens with zero attached hydrogens (tertiary/aromatic N) is 1. The molecular weight excluding hydrogens is 274 g/mol. The van der Waals surface area contributed by atoms with Crippen molar-refractivity contribution >= 4 is 5.91 Å². The molecule has 1 saturated heterocycles. The standard InChI is InChI=1S/C19H20NO2/c1-22-18-10-6-5-9-17(18)15-11-13-20(14-12-15)19(21)16-7-3-2-4-8-16/h2-4,6-10,15H,11-14H2,1H3. The molecule has 0 aromatic heterocycles. The molecule has 2 aromatic rings. The van der Waals surface area contributed by atoms with Crippen molar-refractivity contribution in [2.45, 2.75) is 18.8 Å². The van der Waals surface area contributed by atoms with E-state index >= 15 is 0 Å². The fourth-order valence-electron chi connectivity index (χ4n) is 3.09. The van der Waals surface area contributed by atoms with Gasteiger partial charge < -0.3 is 9.64 Å². The lowest BCUT2D eigenvalue weighted by atomic mass is 9.88. The van der Waals surface area contributed by atoms with Crippen LogP contribution in [-0.4, -0.2) is 31.0 Å². The first-order valence-electron chi connectivity index (χ1n) is 7.68. The lowest BCUT2D eigenvalue weighted by Crippen LogP contribution is -2.37. The summed E-state index contributed by atoms with van der Waals surface area (Å²) in [5.74, 6) is 1.49. The van der Waals surface area contributed by atoms with Gasteiger partial charge in [0.15, 0.2) is 0 Å². The second-order valence-electron chi connectivity index (χ2n) is 5.60. The number of amides is 1. The SMILES string of the molecule is COc1cc[c]cc1C1CCN(C(=O)c2ccccc2)CC1. The maximum Gasteiger partial charge on any atom is 0.253 e. The van der Waals surface area contributed by atoms with Gasteiger partial charge in [-0.1, -0.05) is 24.3 Å². The number of methoxy groups -OCH3 is 1. The number of piperidine rings is 1. The third-order valence-electron chi connectivity index (χ3n) is 4.32. The maximum atomic E-state index is 12.5. The number of carbonyl (C=O) groups is 1. The van der Waals surface area contributed by atoms with Crippen LogP contribution in [0.15, 0.2) is 48.5 Å². The molecule has 2 aromatic carbocycles. The molecule has 0 spiro atoms. The maximum absolute atomic E-state index is 12.5.